The summed E-state index contributed by atoms with van der Waals surface area (Å²) in [4.78, 5) is 4.37. The number of ether oxygens (including phenoxy) is 1. The highest BCUT2D eigenvalue weighted by Crippen LogP contribution is 2.67. The number of fused-ring (bicyclic) bond motifs is 3. The fourth-order valence-electron chi connectivity index (χ4n) is 5.25. The van der Waals surface area contributed by atoms with Gasteiger partial charge in [0.05, 0.1) is 22.8 Å². The molecule has 0 amide bonds. The van der Waals surface area contributed by atoms with Gasteiger partial charge >= 0.3 is 0 Å². The third-order valence-corrected chi connectivity index (χ3v) is 6.72. The van der Waals surface area contributed by atoms with Gasteiger partial charge in [-0.1, -0.05) is 61.0 Å². The van der Waals surface area contributed by atoms with Crippen molar-refractivity contribution >= 4 is 11.6 Å². The Kier molecular flexibility index (Phi) is 4.16. The number of aliphatic hydroxyl groups is 2. The number of nitriles is 1. The van der Waals surface area contributed by atoms with Gasteiger partial charge in [0.15, 0.2) is 11.2 Å². The van der Waals surface area contributed by atoms with Crippen molar-refractivity contribution in [3.05, 3.63) is 94.3 Å². The highest BCUT2D eigenvalue weighted by molar-refractivity contribution is 6.30. The summed E-state index contributed by atoms with van der Waals surface area (Å²) in [6.45, 7) is 1.91. The molecule has 3 aromatic rings. The molecule has 1 saturated carbocycles. The Morgan fingerprint density at radius 3 is 2.50 bits per heavy atom. The molecule has 150 valence electrons. The SMILES string of the molecule is C[C@H]1[C@@H](O)[C@@]2(O)c3ncc(Cl)cc3O[C@@]2(c2ccc(C#N)cc2)[C@@H]1c1ccccc1. The van der Waals surface area contributed by atoms with E-state index in [-0.39, 0.29) is 17.5 Å². The van der Waals surface area contributed by atoms with E-state index in [0.717, 1.165) is 5.56 Å². The molecule has 0 saturated heterocycles. The molecule has 6 heteroatoms. The van der Waals surface area contributed by atoms with Crippen LogP contribution in [0.3, 0.4) is 0 Å². The van der Waals surface area contributed by atoms with Crippen molar-refractivity contribution in [2.24, 2.45) is 5.92 Å². The highest BCUT2D eigenvalue weighted by atomic mass is 35.5. The smallest absolute Gasteiger partial charge is 0.181 e. The predicted octanol–water partition coefficient (Wildman–Crippen LogP) is 3.88. The molecular weight excluding hydrogens is 400 g/mol. The summed E-state index contributed by atoms with van der Waals surface area (Å²) >= 11 is 6.15. The molecule has 5 rings (SSSR count). The van der Waals surface area contributed by atoms with Gasteiger partial charge in [-0.15, -0.1) is 0 Å². The van der Waals surface area contributed by atoms with E-state index in [1.807, 2.05) is 37.3 Å². The topological polar surface area (TPSA) is 86.4 Å². The number of hydrogen-bond donors (Lipinski definition) is 2. The van der Waals surface area contributed by atoms with Crippen LogP contribution in [0, 0.1) is 17.2 Å². The predicted molar refractivity (Wildman–Crippen MR) is 111 cm³/mol. The van der Waals surface area contributed by atoms with Crippen LogP contribution in [-0.2, 0) is 11.2 Å². The van der Waals surface area contributed by atoms with Gasteiger partial charge in [-0.25, -0.2) is 0 Å². The van der Waals surface area contributed by atoms with Gasteiger partial charge in [0.1, 0.15) is 11.4 Å². The standard InChI is InChI=1S/C24H19ClN2O3/c1-14-20(16-5-3-2-4-6-16)24(17-9-7-15(12-26)8-10-17)23(29,22(14)28)21-19(30-24)11-18(25)13-27-21/h2-11,13-14,20,22,28-29H,1H3/t14-,20+,22-,23+,24+/m1/s1. The van der Waals surface area contributed by atoms with E-state index in [4.69, 9.17) is 16.3 Å². The van der Waals surface area contributed by atoms with Gasteiger partial charge in [0, 0.05) is 18.2 Å². The number of nitrogens with zero attached hydrogens (tertiary/aromatic N) is 2. The van der Waals surface area contributed by atoms with Crippen LogP contribution in [0.25, 0.3) is 0 Å². The molecule has 5 nitrogen and oxygen atoms in total. The summed E-state index contributed by atoms with van der Waals surface area (Å²) in [6.07, 6.45) is 0.317. The lowest BCUT2D eigenvalue weighted by atomic mass is 9.71. The summed E-state index contributed by atoms with van der Waals surface area (Å²) in [6, 6.07) is 20.4. The summed E-state index contributed by atoms with van der Waals surface area (Å²) < 4.78 is 6.53. The molecule has 2 heterocycles. The Morgan fingerprint density at radius 1 is 1.13 bits per heavy atom. The van der Waals surface area contributed by atoms with Crippen LogP contribution >= 0.6 is 11.6 Å². The number of rotatable bonds is 2. The van der Waals surface area contributed by atoms with Crippen molar-refractivity contribution in [1.82, 2.24) is 4.98 Å². The van der Waals surface area contributed by atoms with Crippen LogP contribution in [0.4, 0.5) is 0 Å². The van der Waals surface area contributed by atoms with Crippen LogP contribution in [-0.4, -0.2) is 21.3 Å². The van der Waals surface area contributed by atoms with E-state index in [1.165, 1.54) is 6.20 Å². The van der Waals surface area contributed by atoms with Crippen molar-refractivity contribution < 1.29 is 14.9 Å². The molecule has 2 aromatic carbocycles. The van der Waals surface area contributed by atoms with E-state index in [9.17, 15) is 15.5 Å². The van der Waals surface area contributed by atoms with E-state index < -0.39 is 17.3 Å². The lowest BCUT2D eigenvalue weighted by Gasteiger charge is -2.40. The first-order chi connectivity index (χ1) is 14.4. The normalized spacial score (nSPS) is 31.5. The molecular formula is C24H19ClN2O3. The second-order valence-electron chi connectivity index (χ2n) is 7.99. The molecule has 1 aromatic heterocycles. The molecule has 1 fully saturated rings. The number of halogens is 1. The Bertz CT molecular complexity index is 1160. The molecule has 0 radical (unpaired) electrons. The minimum Gasteiger partial charge on any atom is -0.476 e. The van der Waals surface area contributed by atoms with Gasteiger partial charge < -0.3 is 14.9 Å². The van der Waals surface area contributed by atoms with Crippen LogP contribution in [0.1, 0.15) is 35.2 Å². The Labute approximate surface area is 179 Å². The minimum atomic E-state index is -1.79. The van der Waals surface area contributed by atoms with Crippen molar-refractivity contribution in [2.75, 3.05) is 0 Å². The third kappa shape index (κ3) is 2.27. The number of hydrogen-bond acceptors (Lipinski definition) is 5. The zero-order valence-electron chi connectivity index (χ0n) is 16.2. The maximum absolute atomic E-state index is 12.1. The van der Waals surface area contributed by atoms with E-state index in [1.54, 1.807) is 30.3 Å². The second kappa shape index (κ2) is 6.55. The van der Waals surface area contributed by atoms with Crippen molar-refractivity contribution in [1.29, 1.82) is 5.26 Å². The van der Waals surface area contributed by atoms with Gasteiger partial charge in [-0.2, -0.15) is 5.26 Å². The highest BCUT2D eigenvalue weighted by Gasteiger charge is 2.75. The molecule has 2 aliphatic rings. The van der Waals surface area contributed by atoms with Crippen molar-refractivity contribution in [3.8, 4) is 11.8 Å². The summed E-state index contributed by atoms with van der Waals surface area (Å²) in [5.41, 5.74) is -0.756. The number of aromatic nitrogens is 1. The Morgan fingerprint density at radius 2 is 1.83 bits per heavy atom. The quantitative estimate of drug-likeness (QED) is 0.659. The first kappa shape index (κ1) is 19.1. The maximum Gasteiger partial charge on any atom is 0.181 e. The fraction of sp³-hybridized carbons (Fsp3) is 0.250. The molecule has 30 heavy (non-hydrogen) atoms. The first-order valence-corrected chi connectivity index (χ1v) is 10.1. The van der Waals surface area contributed by atoms with Gasteiger partial charge in [-0.05, 0) is 29.2 Å². The van der Waals surface area contributed by atoms with E-state index >= 15 is 0 Å². The zero-order valence-corrected chi connectivity index (χ0v) is 16.9. The van der Waals surface area contributed by atoms with E-state index in [2.05, 4.69) is 11.1 Å². The van der Waals surface area contributed by atoms with Gasteiger partial charge in [0.25, 0.3) is 0 Å². The van der Waals surface area contributed by atoms with Crippen LogP contribution in [0.15, 0.2) is 66.9 Å². The molecule has 2 N–H and O–H groups in total. The second-order valence-corrected chi connectivity index (χ2v) is 8.42. The van der Waals surface area contributed by atoms with E-state index in [0.29, 0.717) is 21.9 Å². The largest absolute Gasteiger partial charge is 0.476 e. The van der Waals surface area contributed by atoms with Gasteiger partial charge in [0.2, 0.25) is 0 Å². The molecule has 5 atom stereocenters. The molecule has 1 aliphatic carbocycles. The molecule has 0 unspecified atom stereocenters. The Balaban J connectivity index is 1.83. The fourth-order valence-corrected chi connectivity index (χ4v) is 5.40. The molecule has 1 aliphatic heterocycles. The van der Waals surface area contributed by atoms with Crippen LogP contribution in [0.5, 0.6) is 5.75 Å². The summed E-state index contributed by atoms with van der Waals surface area (Å²) in [5.74, 6) is -0.362. The summed E-state index contributed by atoms with van der Waals surface area (Å²) in [5, 5.41) is 33.1. The lowest BCUT2D eigenvalue weighted by Crippen LogP contribution is -2.52. The third-order valence-electron chi connectivity index (χ3n) is 6.51. The van der Waals surface area contributed by atoms with Crippen molar-refractivity contribution in [3.63, 3.8) is 0 Å². The minimum absolute atomic E-state index is 0.272. The summed E-state index contributed by atoms with van der Waals surface area (Å²) in [7, 11) is 0. The number of pyridine rings is 1. The van der Waals surface area contributed by atoms with Crippen LogP contribution in [0.2, 0.25) is 5.02 Å². The van der Waals surface area contributed by atoms with Crippen LogP contribution < -0.4 is 4.74 Å². The molecule has 0 bridgehead atoms. The van der Waals surface area contributed by atoms with Crippen molar-refractivity contribution in [2.45, 2.75) is 30.1 Å². The van der Waals surface area contributed by atoms with Gasteiger partial charge in [-0.3, -0.25) is 4.98 Å². The monoisotopic (exact) mass is 418 g/mol. The lowest BCUT2D eigenvalue weighted by molar-refractivity contribution is -0.152. The Hall–Kier alpha value is -2.91. The average Bonchev–Trinajstić information content (AvgIpc) is 3.12. The average molecular weight is 419 g/mol. The zero-order chi connectivity index (χ0) is 21.1. The number of aliphatic hydroxyl groups excluding tert-OH is 1. The molecule has 0 spiro atoms. The first-order valence-electron chi connectivity index (χ1n) is 9.74. The maximum atomic E-state index is 12.1. The number of benzene rings is 2.